The van der Waals surface area contributed by atoms with E-state index in [0.717, 1.165) is 11.6 Å². The Morgan fingerprint density at radius 3 is 2.56 bits per heavy atom. The first-order valence-electron chi connectivity index (χ1n) is 11.8. The summed E-state index contributed by atoms with van der Waals surface area (Å²) in [5.74, 6) is -2.19. The van der Waals surface area contributed by atoms with Gasteiger partial charge < -0.3 is 15.8 Å². The summed E-state index contributed by atoms with van der Waals surface area (Å²) in [4.78, 5) is 38.3. The number of carbonyl (C=O) groups excluding carboxylic acids is 2. The average molecular weight is 529 g/mol. The normalized spacial score (nSPS) is 11.5. The van der Waals surface area contributed by atoms with Gasteiger partial charge in [0.05, 0.1) is 36.2 Å². The molecule has 11 heteroatoms. The zero-order valence-corrected chi connectivity index (χ0v) is 21.4. The Hall–Kier alpha value is -5.24. The van der Waals surface area contributed by atoms with Crippen molar-refractivity contribution in [2.45, 2.75) is 19.4 Å². The Balaban J connectivity index is 1.79. The van der Waals surface area contributed by atoms with Crippen molar-refractivity contribution < 1.29 is 18.7 Å². The summed E-state index contributed by atoms with van der Waals surface area (Å²) in [6.45, 7) is 1.87. The van der Waals surface area contributed by atoms with Gasteiger partial charge in [-0.1, -0.05) is 11.6 Å². The van der Waals surface area contributed by atoms with Crippen molar-refractivity contribution in [2.24, 2.45) is 12.8 Å². The van der Waals surface area contributed by atoms with E-state index in [4.69, 9.17) is 10.5 Å². The van der Waals surface area contributed by atoms with E-state index < -0.39 is 29.2 Å². The summed E-state index contributed by atoms with van der Waals surface area (Å²) >= 11 is 0. The number of hydrogen-bond donors (Lipinski definition) is 2. The van der Waals surface area contributed by atoms with Crippen LogP contribution in [-0.2, 0) is 18.3 Å². The number of anilines is 1. The van der Waals surface area contributed by atoms with Crippen LogP contribution >= 0.6 is 0 Å². The van der Waals surface area contributed by atoms with Crippen LogP contribution in [0.1, 0.15) is 33.2 Å². The topological polar surface area (TPSA) is 145 Å². The summed E-state index contributed by atoms with van der Waals surface area (Å²) in [7, 11) is 3.15. The number of nitriles is 1. The molecule has 10 nitrogen and oxygen atoms in total. The Labute approximate surface area is 223 Å². The second kappa shape index (κ2) is 11.0. The van der Waals surface area contributed by atoms with Crippen molar-refractivity contribution >= 4 is 17.5 Å². The molecule has 3 N–H and O–H groups in total. The molecule has 0 saturated carbocycles. The number of rotatable bonds is 8. The second-order valence-corrected chi connectivity index (χ2v) is 8.91. The molecule has 0 bridgehead atoms. The zero-order chi connectivity index (χ0) is 28.3. The number of halogens is 1. The van der Waals surface area contributed by atoms with Gasteiger partial charge in [0.25, 0.3) is 11.5 Å². The van der Waals surface area contributed by atoms with Gasteiger partial charge >= 0.3 is 0 Å². The lowest BCUT2D eigenvalue weighted by atomic mass is 9.98. The van der Waals surface area contributed by atoms with Gasteiger partial charge in [-0.25, -0.2) is 4.39 Å². The van der Waals surface area contributed by atoms with Crippen molar-refractivity contribution in [3.63, 3.8) is 0 Å². The molecule has 0 saturated heterocycles. The first-order chi connectivity index (χ1) is 18.6. The van der Waals surface area contributed by atoms with E-state index in [0.29, 0.717) is 22.4 Å². The van der Waals surface area contributed by atoms with Crippen molar-refractivity contribution in [3.8, 4) is 22.9 Å². The molecule has 2 aromatic heterocycles. The quantitative estimate of drug-likeness (QED) is 0.360. The molecule has 1 unspecified atom stereocenters. The monoisotopic (exact) mass is 528 g/mol. The van der Waals surface area contributed by atoms with Crippen LogP contribution in [0.15, 0.2) is 65.7 Å². The Morgan fingerprint density at radius 2 is 1.95 bits per heavy atom. The summed E-state index contributed by atoms with van der Waals surface area (Å²) in [5.41, 5.74) is 7.10. The lowest BCUT2D eigenvalue weighted by molar-refractivity contribution is -0.119. The number of carbonyl (C=O) groups is 2. The number of nitrogens with one attached hydrogen (secondary N) is 1. The van der Waals surface area contributed by atoms with E-state index in [1.54, 1.807) is 42.2 Å². The lowest BCUT2D eigenvalue weighted by Crippen LogP contribution is -2.34. The van der Waals surface area contributed by atoms with Crippen molar-refractivity contribution in [2.75, 3.05) is 12.4 Å². The Kier molecular flexibility index (Phi) is 7.58. The fourth-order valence-electron chi connectivity index (χ4n) is 4.23. The smallest absolute Gasteiger partial charge is 0.252 e. The molecule has 2 heterocycles. The van der Waals surface area contributed by atoms with E-state index in [-0.39, 0.29) is 23.4 Å². The Morgan fingerprint density at radius 1 is 1.18 bits per heavy atom. The highest BCUT2D eigenvalue weighted by molar-refractivity contribution is 5.96. The third kappa shape index (κ3) is 5.70. The van der Waals surface area contributed by atoms with Crippen molar-refractivity contribution in [3.05, 3.63) is 99.5 Å². The van der Waals surface area contributed by atoms with Crippen LogP contribution in [0.4, 0.5) is 10.1 Å². The molecule has 198 valence electrons. The van der Waals surface area contributed by atoms with Gasteiger partial charge in [-0.3, -0.25) is 23.6 Å². The standard InChI is InChI=1S/C28H25FN6O4/c1-16-4-5-17(14-30)21(10-16)22-13-26(36)35(15-25(22)39-3)24(12-19-8-9-34(2)33-19)28(38)32-18-6-7-20(27(31)37)23(29)11-18/h4-11,13,15,24H,12H2,1-3H3,(H2,31,37)(H,32,38). The number of nitrogens with two attached hydrogens (primary N) is 1. The van der Waals surface area contributed by atoms with E-state index in [9.17, 15) is 24.0 Å². The molecule has 0 aliphatic heterocycles. The van der Waals surface area contributed by atoms with Crippen LogP contribution in [0.25, 0.3) is 11.1 Å². The molecule has 4 aromatic rings. The molecular weight excluding hydrogens is 503 g/mol. The maximum atomic E-state index is 14.3. The summed E-state index contributed by atoms with van der Waals surface area (Å²) in [6.07, 6.45) is 3.14. The fourth-order valence-corrected chi connectivity index (χ4v) is 4.23. The molecule has 0 fully saturated rings. The van der Waals surface area contributed by atoms with E-state index in [2.05, 4.69) is 16.5 Å². The molecule has 0 aliphatic rings. The number of hydrogen-bond acceptors (Lipinski definition) is 6. The average Bonchev–Trinajstić information content (AvgIpc) is 3.31. The van der Waals surface area contributed by atoms with Gasteiger partial charge in [-0.15, -0.1) is 0 Å². The number of nitrogens with zero attached hydrogens (tertiary/aromatic N) is 4. The lowest BCUT2D eigenvalue weighted by Gasteiger charge is -2.21. The van der Waals surface area contributed by atoms with Gasteiger partial charge in [0.15, 0.2) is 0 Å². The maximum absolute atomic E-state index is 14.3. The highest BCUT2D eigenvalue weighted by Gasteiger charge is 2.26. The first kappa shape index (κ1) is 26.8. The maximum Gasteiger partial charge on any atom is 0.252 e. The molecular formula is C28H25FN6O4. The Bertz CT molecular complexity index is 1680. The number of primary amides is 1. The van der Waals surface area contributed by atoms with E-state index >= 15 is 0 Å². The van der Waals surface area contributed by atoms with Gasteiger partial charge in [0, 0.05) is 42.5 Å². The van der Waals surface area contributed by atoms with E-state index in [1.165, 1.54) is 36.1 Å². The third-order valence-corrected chi connectivity index (χ3v) is 6.16. The van der Waals surface area contributed by atoms with Gasteiger partial charge in [-0.2, -0.15) is 10.4 Å². The minimum absolute atomic E-state index is 0.0326. The summed E-state index contributed by atoms with van der Waals surface area (Å²) < 4.78 is 22.7. The molecule has 1 atom stereocenters. The number of aromatic nitrogens is 3. The SMILES string of the molecule is COc1cn(C(Cc2ccn(C)n2)C(=O)Nc2ccc(C(N)=O)c(F)c2)c(=O)cc1-c1cc(C)ccc1C#N. The highest BCUT2D eigenvalue weighted by atomic mass is 19.1. The minimum Gasteiger partial charge on any atom is -0.495 e. The zero-order valence-electron chi connectivity index (χ0n) is 21.4. The van der Waals surface area contributed by atoms with Crippen molar-refractivity contribution in [1.82, 2.24) is 14.3 Å². The first-order valence-corrected chi connectivity index (χ1v) is 11.8. The number of methoxy groups -OCH3 is 1. The molecule has 0 spiro atoms. The van der Waals surface area contributed by atoms with Crippen LogP contribution in [0.2, 0.25) is 0 Å². The van der Waals surface area contributed by atoms with Crippen LogP contribution in [0.3, 0.4) is 0 Å². The summed E-state index contributed by atoms with van der Waals surface area (Å²) in [5, 5.41) is 16.5. The third-order valence-electron chi connectivity index (χ3n) is 6.16. The van der Waals surface area contributed by atoms with Crippen LogP contribution in [0, 0.1) is 24.1 Å². The van der Waals surface area contributed by atoms with Crippen LogP contribution in [0.5, 0.6) is 5.75 Å². The fraction of sp³-hybridized carbons (Fsp3) is 0.179. The van der Waals surface area contributed by atoms with Crippen molar-refractivity contribution in [1.29, 1.82) is 5.26 Å². The minimum atomic E-state index is -1.11. The number of benzene rings is 2. The predicted octanol–water partition coefficient (Wildman–Crippen LogP) is 3.10. The molecule has 39 heavy (non-hydrogen) atoms. The predicted molar refractivity (Wildman–Crippen MR) is 142 cm³/mol. The molecule has 2 amide bonds. The van der Waals surface area contributed by atoms with Crippen LogP contribution in [-0.4, -0.2) is 33.3 Å². The second-order valence-electron chi connectivity index (χ2n) is 8.91. The molecule has 4 rings (SSSR count). The molecule has 0 radical (unpaired) electrons. The van der Waals surface area contributed by atoms with Gasteiger partial charge in [0.2, 0.25) is 5.91 Å². The highest BCUT2D eigenvalue weighted by Crippen LogP contribution is 2.32. The summed E-state index contributed by atoms with van der Waals surface area (Å²) in [6, 6.07) is 12.8. The van der Waals surface area contributed by atoms with Gasteiger partial charge in [-0.05, 0) is 43.3 Å². The van der Waals surface area contributed by atoms with Crippen LogP contribution < -0.4 is 21.3 Å². The number of ether oxygens (including phenoxy) is 1. The number of aryl methyl sites for hydroxylation is 2. The van der Waals surface area contributed by atoms with Gasteiger partial charge in [0.1, 0.15) is 17.6 Å². The number of amides is 2. The number of pyridine rings is 1. The van der Waals surface area contributed by atoms with E-state index in [1.807, 2.05) is 6.92 Å². The largest absolute Gasteiger partial charge is 0.495 e. The molecule has 0 aliphatic carbocycles. The molecule has 2 aromatic carbocycles.